The van der Waals surface area contributed by atoms with E-state index < -0.39 is 11.8 Å². The summed E-state index contributed by atoms with van der Waals surface area (Å²) in [6.45, 7) is 2.32. The fourth-order valence-electron chi connectivity index (χ4n) is 3.04. The van der Waals surface area contributed by atoms with Gasteiger partial charge in [0.1, 0.15) is 11.6 Å². The molecule has 30 heavy (non-hydrogen) atoms. The quantitative estimate of drug-likeness (QED) is 0.565. The summed E-state index contributed by atoms with van der Waals surface area (Å²) in [5.41, 5.74) is 1.01. The Hall–Kier alpha value is -3.61. The van der Waals surface area contributed by atoms with Crippen LogP contribution in [0.25, 0.3) is 0 Å². The summed E-state index contributed by atoms with van der Waals surface area (Å²) in [4.78, 5) is 26.7. The second kappa shape index (κ2) is 10.2. The van der Waals surface area contributed by atoms with Crippen molar-refractivity contribution in [2.45, 2.75) is 25.9 Å². The van der Waals surface area contributed by atoms with E-state index in [9.17, 15) is 14.0 Å². The summed E-state index contributed by atoms with van der Waals surface area (Å²) in [6, 6.07) is 18.2. The lowest BCUT2D eigenvalue weighted by Crippen LogP contribution is -2.39. The van der Waals surface area contributed by atoms with E-state index in [2.05, 4.69) is 10.6 Å². The smallest absolute Gasteiger partial charge is 0.322 e. The third-order valence-corrected chi connectivity index (χ3v) is 4.75. The molecule has 7 heteroatoms. The summed E-state index contributed by atoms with van der Waals surface area (Å²) in [5.74, 6) is -0.0835. The van der Waals surface area contributed by atoms with Gasteiger partial charge in [0.15, 0.2) is 0 Å². The van der Waals surface area contributed by atoms with Crippen LogP contribution < -0.4 is 10.6 Å². The number of hydrogen-bond donors (Lipinski definition) is 2. The molecule has 0 saturated heterocycles. The number of anilines is 1. The Balaban J connectivity index is 1.67. The maximum Gasteiger partial charge on any atom is 0.322 e. The summed E-state index contributed by atoms with van der Waals surface area (Å²) < 4.78 is 19.2. The maximum absolute atomic E-state index is 14.0. The molecule has 1 heterocycles. The van der Waals surface area contributed by atoms with Gasteiger partial charge < -0.3 is 20.0 Å². The van der Waals surface area contributed by atoms with E-state index in [4.69, 9.17) is 4.42 Å². The molecule has 1 atom stereocenters. The van der Waals surface area contributed by atoms with Crippen LogP contribution in [0, 0.1) is 5.82 Å². The summed E-state index contributed by atoms with van der Waals surface area (Å²) in [7, 11) is 0. The van der Waals surface area contributed by atoms with Gasteiger partial charge in [-0.15, -0.1) is 0 Å². The molecule has 0 aliphatic carbocycles. The van der Waals surface area contributed by atoms with Crippen LogP contribution in [-0.2, 0) is 11.3 Å². The molecule has 0 spiro atoms. The summed E-state index contributed by atoms with van der Waals surface area (Å²) in [6.07, 6.45) is 1.64. The molecule has 6 nitrogen and oxygen atoms in total. The van der Waals surface area contributed by atoms with Gasteiger partial charge in [0.25, 0.3) is 0 Å². The third-order valence-electron chi connectivity index (χ3n) is 4.75. The molecule has 2 N–H and O–H groups in total. The average Bonchev–Trinajstić information content (AvgIpc) is 3.28. The molecule has 3 amide bonds. The summed E-state index contributed by atoms with van der Waals surface area (Å²) in [5, 5.41) is 5.37. The number of furan rings is 1. The van der Waals surface area contributed by atoms with E-state index in [-0.39, 0.29) is 37.1 Å². The molecule has 0 aliphatic heterocycles. The number of rotatable bonds is 8. The Morgan fingerprint density at radius 3 is 2.47 bits per heavy atom. The van der Waals surface area contributed by atoms with Crippen LogP contribution in [0.3, 0.4) is 0 Å². The lowest BCUT2D eigenvalue weighted by molar-refractivity contribution is -0.121. The SMILES string of the molecule is CC(c1ccccc1)N(CCC(=O)NCc1ccco1)C(=O)Nc1ccccc1F. The Bertz CT molecular complexity index is 961. The fourth-order valence-corrected chi connectivity index (χ4v) is 3.04. The zero-order valence-corrected chi connectivity index (χ0v) is 16.7. The van der Waals surface area contributed by atoms with Crippen LogP contribution in [0.4, 0.5) is 14.9 Å². The molecule has 1 unspecified atom stereocenters. The fraction of sp³-hybridized carbons (Fsp3) is 0.217. The molecule has 0 bridgehead atoms. The molecule has 156 valence electrons. The van der Waals surface area contributed by atoms with E-state index in [1.165, 1.54) is 23.3 Å². The predicted octanol–water partition coefficient (Wildman–Crippen LogP) is 4.72. The lowest BCUT2D eigenvalue weighted by Gasteiger charge is -2.29. The first-order valence-electron chi connectivity index (χ1n) is 9.71. The van der Waals surface area contributed by atoms with Crippen LogP contribution >= 0.6 is 0 Å². The number of benzene rings is 2. The van der Waals surface area contributed by atoms with Crippen LogP contribution in [0.15, 0.2) is 77.4 Å². The van der Waals surface area contributed by atoms with Crippen molar-refractivity contribution >= 4 is 17.6 Å². The van der Waals surface area contributed by atoms with Gasteiger partial charge in [-0.2, -0.15) is 0 Å². The number of amides is 3. The minimum Gasteiger partial charge on any atom is -0.467 e. The Morgan fingerprint density at radius 1 is 1.03 bits per heavy atom. The monoisotopic (exact) mass is 409 g/mol. The standard InChI is InChI=1S/C23H24FN3O3/c1-17(18-8-3-2-4-9-18)27(23(29)26-21-12-6-5-11-20(21)24)14-13-22(28)25-16-19-10-7-15-30-19/h2-12,15,17H,13-14,16H2,1H3,(H,25,28)(H,26,29). The van der Waals surface area contributed by atoms with Crippen molar-refractivity contribution in [1.29, 1.82) is 0 Å². The van der Waals surface area contributed by atoms with Crippen molar-refractivity contribution in [3.8, 4) is 0 Å². The molecule has 0 saturated carbocycles. The van der Waals surface area contributed by atoms with E-state index >= 15 is 0 Å². The minimum absolute atomic E-state index is 0.0926. The van der Waals surface area contributed by atoms with Crippen LogP contribution in [-0.4, -0.2) is 23.4 Å². The highest BCUT2D eigenvalue weighted by Crippen LogP contribution is 2.22. The highest BCUT2D eigenvalue weighted by molar-refractivity contribution is 5.90. The van der Waals surface area contributed by atoms with Gasteiger partial charge in [0.05, 0.1) is 24.5 Å². The third kappa shape index (κ3) is 5.70. The normalized spacial score (nSPS) is 11.5. The number of hydrogen-bond acceptors (Lipinski definition) is 3. The number of urea groups is 1. The number of nitrogens with one attached hydrogen (secondary N) is 2. The maximum atomic E-state index is 14.0. The van der Waals surface area contributed by atoms with E-state index in [1.54, 1.807) is 24.3 Å². The zero-order valence-electron chi connectivity index (χ0n) is 16.7. The topological polar surface area (TPSA) is 74.6 Å². The van der Waals surface area contributed by atoms with Gasteiger partial charge in [-0.25, -0.2) is 9.18 Å². The van der Waals surface area contributed by atoms with Crippen molar-refractivity contribution < 1.29 is 18.4 Å². The number of carbonyl (C=O) groups is 2. The molecule has 3 aromatic rings. The largest absolute Gasteiger partial charge is 0.467 e. The van der Waals surface area contributed by atoms with E-state index in [0.717, 1.165) is 5.56 Å². The van der Waals surface area contributed by atoms with Crippen molar-refractivity contribution in [3.63, 3.8) is 0 Å². The van der Waals surface area contributed by atoms with Crippen molar-refractivity contribution in [1.82, 2.24) is 10.2 Å². The highest BCUT2D eigenvalue weighted by Gasteiger charge is 2.23. The molecule has 0 aliphatic rings. The second-order valence-electron chi connectivity index (χ2n) is 6.80. The van der Waals surface area contributed by atoms with Crippen molar-refractivity contribution in [2.75, 3.05) is 11.9 Å². The first kappa shape index (κ1) is 21.1. The second-order valence-corrected chi connectivity index (χ2v) is 6.80. The van der Waals surface area contributed by atoms with E-state index in [1.807, 2.05) is 37.3 Å². The van der Waals surface area contributed by atoms with Gasteiger partial charge in [-0.05, 0) is 36.8 Å². The molecule has 1 aromatic heterocycles. The van der Waals surface area contributed by atoms with Gasteiger partial charge in [0, 0.05) is 13.0 Å². The molecular formula is C23H24FN3O3. The summed E-state index contributed by atoms with van der Waals surface area (Å²) >= 11 is 0. The molecule has 2 aromatic carbocycles. The van der Waals surface area contributed by atoms with Crippen LogP contribution in [0.2, 0.25) is 0 Å². The Kier molecular flexibility index (Phi) is 7.21. The predicted molar refractivity (Wildman–Crippen MR) is 112 cm³/mol. The van der Waals surface area contributed by atoms with Crippen molar-refractivity contribution in [3.05, 3.63) is 90.1 Å². The number of halogens is 1. The molecular weight excluding hydrogens is 385 g/mol. The van der Waals surface area contributed by atoms with Crippen LogP contribution in [0.5, 0.6) is 0 Å². The number of carbonyl (C=O) groups excluding carboxylic acids is 2. The molecule has 0 radical (unpaired) electrons. The van der Waals surface area contributed by atoms with Gasteiger partial charge >= 0.3 is 6.03 Å². The number of para-hydroxylation sites is 1. The van der Waals surface area contributed by atoms with Gasteiger partial charge in [-0.1, -0.05) is 42.5 Å². The lowest BCUT2D eigenvalue weighted by atomic mass is 10.1. The Morgan fingerprint density at radius 2 is 1.77 bits per heavy atom. The van der Waals surface area contributed by atoms with E-state index in [0.29, 0.717) is 5.76 Å². The highest BCUT2D eigenvalue weighted by atomic mass is 19.1. The molecule has 0 fully saturated rings. The molecule has 3 rings (SSSR count). The van der Waals surface area contributed by atoms with Gasteiger partial charge in [0.2, 0.25) is 5.91 Å². The average molecular weight is 409 g/mol. The first-order chi connectivity index (χ1) is 14.5. The van der Waals surface area contributed by atoms with Gasteiger partial charge in [-0.3, -0.25) is 4.79 Å². The van der Waals surface area contributed by atoms with Crippen molar-refractivity contribution in [2.24, 2.45) is 0 Å². The zero-order chi connectivity index (χ0) is 21.3. The Labute approximate surface area is 174 Å². The minimum atomic E-state index is -0.519. The first-order valence-corrected chi connectivity index (χ1v) is 9.71. The van der Waals surface area contributed by atoms with Crippen LogP contribution in [0.1, 0.15) is 30.7 Å². The number of nitrogens with zero attached hydrogens (tertiary/aromatic N) is 1.